The summed E-state index contributed by atoms with van der Waals surface area (Å²) in [5.74, 6) is 0. The Balaban J connectivity index is 1.76. The summed E-state index contributed by atoms with van der Waals surface area (Å²) in [6.07, 6.45) is 3.03. The average molecular weight is 350 g/mol. The maximum Gasteiger partial charge on any atom is 0.186 e. The largest absolute Gasteiger partial charge is 0.347 e. The van der Waals surface area contributed by atoms with Crippen LogP contribution in [0, 0.1) is 0 Å². The van der Waals surface area contributed by atoms with E-state index in [0.717, 1.165) is 53.1 Å². The smallest absolute Gasteiger partial charge is 0.186 e. The molecule has 1 saturated heterocycles. The van der Waals surface area contributed by atoms with Crippen LogP contribution in [-0.2, 0) is 0 Å². The van der Waals surface area contributed by atoms with E-state index < -0.39 is 0 Å². The van der Waals surface area contributed by atoms with Crippen molar-refractivity contribution in [3.05, 3.63) is 54.7 Å². The molecule has 0 bridgehead atoms. The summed E-state index contributed by atoms with van der Waals surface area (Å²) in [6.45, 7) is 4.33. The van der Waals surface area contributed by atoms with E-state index in [2.05, 4.69) is 52.2 Å². The van der Waals surface area contributed by atoms with Gasteiger partial charge in [0.1, 0.15) is 0 Å². The summed E-state index contributed by atoms with van der Waals surface area (Å²) in [7, 11) is 2.19. The van der Waals surface area contributed by atoms with E-state index in [-0.39, 0.29) is 0 Å². The second kappa shape index (κ2) is 7.33. The normalized spacial score (nSPS) is 16.0. The fourth-order valence-corrected chi connectivity index (χ4v) is 4.26. The second-order valence-corrected chi connectivity index (χ2v) is 7.38. The first-order valence-corrected chi connectivity index (χ1v) is 9.54. The zero-order valence-electron chi connectivity index (χ0n) is 14.4. The van der Waals surface area contributed by atoms with Gasteiger partial charge in [0.05, 0.1) is 16.3 Å². The van der Waals surface area contributed by atoms with Gasteiger partial charge in [-0.2, -0.15) is 0 Å². The Morgan fingerprint density at radius 3 is 2.56 bits per heavy atom. The maximum absolute atomic E-state index is 5.03. The lowest BCUT2D eigenvalue weighted by Crippen LogP contribution is -2.28. The van der Waals surface area contributed by atoms with Crippen molar-refractivity contribution in [3.8, 4) is 21.8 Å². The molecule has 0 atom stereocenters. The Morgan fingerprint density at radius 1 is 0.920 bits per heavy atom. The number of aromatic nitrogens is 2. The molecule has 0 radical (unpaired) electrons. The van der Waals surface area contributed by atoms with E-state index in [0.29, 0.717) is 0 Å². The molecule has 1 aliphatic rings. The Hall–Kier alpha value is -2.24. The third-order valence-corrected chi connectivity index (χ3v) is 5.69. The predicted octanol–water partition coefficient (Wildman–Crippen LogP) is 4.01. The molecule has 128 valence electrons. The Kier molecular flexibility index (Phi) is 4.76. The van der Waals surface area contributed by atoms with Crippen molar-refractivity contribution in [2.45, 2.75) is 6.42 Å². The van der Waals surface area contributed by atoms with Crippen LogP contribution in [0.2, 0.25) is 0 Å². The van der Waals surface area contributed by atoms with Crippen molar-refractivity contribution in [2.75, 3.05) is 38.1 Å². The van der Waals surface area contributed by atoms with Crippen LogP contribution in [0.1, 0.15) is 6.42 Å². The molecule has 0 N–H and O–H groups in total. The minimum Gasteiger partial charge on any atom is -0.347 e. The van der Waals surface area contributed by atoms with Gasteiger partial charge in [-0.1, -0.05) is 47.7 Å². The monoisotopic (exact) mass is 350 g/mol. The minimum atomic E-state index is 0.997. The number of benzene rings is 1. The third kappa shape index (κ3) is 3.57. The molecule has 4 rings (SSSR count). The highest BCUT2D eigenvalue weighted by atomic mass is 32.1. The lowest BCUT2D eigenvalue weighted by Gasteiger charge is -2.19. The van der Waals surface area contributed by atoms with Crippen molar-refractivity contribution in [1.29, 1.82) is 0 Å². The lowest BCUT2D eigenvalue weighted by atomic mass is 10.1. The molecule has 1 aromatic carbocycles. The van der Waals surface area contributed by atoms with Gasteiger partial charge >= 0.3 is 0 Å². The van der Waals surface area contributed by atoms with Crippen LogP contribution in [0.3, 0.4) is 0 Å². The van der Waals surface area contributed by atoms with Gasteiger partial charge in [-0.15, -0.1) is 0 Å². The molecule has 0 amide bonds. The SMILES string of the molecule is CN1CCCN(c2nc(-c3ccccc3)c(-c3ccccn3)s2)CC1. The van der Waals surface area contributed by atoms with Gasteiger partial charge < -0.3 is 9.80 Å². The number of rotatable bonds is 3. The van der Waals surface area contributed by atoms with E-state index in [1.807, 2.05) is 24.4 Å². The molecule has 0 unspecified atom stereocenters. The van der Waals surface area contributed by atoms with Crippen LogP contribution in [0.25, 0.3) is 21.8 Å². The number of anilines is 1. The first kappa shape index (κ1) is 16.2. The maximum atomic E-state index is 5.03. The summed E-state index contributed by atoms with van der Waals surface area (Å²) in [6, 6.07) is 16.5. The number of pyridine rings is 1. The van der Waals surface area contributed by atoms with E-state index in [1.165, 1.54) is 6.42 Å². The summed E-state index contributed by atoms with van der Waals surface area (Å²) in [4.78, 5) is 15.6. The topological polar surface area (TPSA) is 32.3 Å². The molecular weight excluding hydrogens is 328 g/mol. The van der Waals surface area contributed by atoms with Crippen molar-refractivity contribution < 1.29 is 0 Å². The number of hydrogen-bond acceptors (Lipinski definition) is 5. The number of thiazole rings is 1. The van der Waals surface area contributed by atoms with Crippen molar-refractivity contribution in [1.82, 2.24) is 14.9 Å². The van der Waals surface area contributed by atoms with Crippen LogP contribution in [0.4, 0.5) is 5.13 Å². The van der Waals surface area contributed by atoms with Gasteiger partial charge in [0.15, 0.2) is 5.13 Å². The molecule has 0 spiro atoms. The molecule has 0 aliphatic carbocycles. The number of hydrogen-bond donors (Lipinski definition) is 0. The summed E-state index contributed by atoms with van der Waals surface area (Å²) in [5, 5.41) is 1.11. The lowest BCUT2D eigenvalue weighted by molar-refractivity contribution is 0.360. The second-order valence-electron chi connectivity index (χ2n) is 6.40. The highest BCUT2D eigenvalue weighted by molar-refractivity contribution is 7.19. The zero-order valence-corrected chi connectivity index (χ0v) is 15.2. The van der Waals surface area contributed by atoms with E-state index in [4.69, 9.17) is 4.98 Å². The van der Waals surface area contributed by atoms with E-state index >= 15 is 0 Å². The minimum absolute atomic E-state index is 0.997. The van der Waals surface area contributed by atoms with Crippen LogP contribution >= 0.6 is 11.3 Å². The molecule has 2 aromatic heterocycles. The molecule has 1 aliphatic heterocycles. The molecule has 0 saturated carbocycles. The number of nitrogens with zero attached hydrogens (tertiary/aromatic N) is 4. The van der Waals surface area contributed by atoms with Crippen LogP contribution < -0.4 is 4.90 Å². The van der Waals surface area contributed by atoms with E-state index in [9.17, 15) is 0 Å². The van der Waals surface area contributed by atoms with Crippen molar-refractivity contribution >= 4 is 16.5 Å². The highest BCUT2D eigenvalue weighted by Crippen LogP contribution is 2.39. The molecular formula is C20H22N4S. The van der Waals surface area contributed by atoms with Gasteiger partial charge in [-0.3, -0.25) is 4.98 Å². The first-order chi connectivity index (χ1) is 12.3. The molecule has 4 nitrogen and oxygen atoms in total. The fourth-order valence-electron chi connectivity index (χ4n) is 3.14. The standard InChI is InChI=1S/C20H22N4S/c1-23-12-7-13-24(15-14-23)20-22-18(16-8-3-2-4-9-16)19(25-20)17-10-5-6-11-21-17/h2-6,8-11H,7,12-15H2,1H3. The van der Waals surface area contributed by atoms with Crippen molar-refractivity contribution in [2.24, 2.45) is 0 Å². The highest BCUT2D eigenvalue weighted by Gasteiger charge is 2.21. The molecule has 5 heteroatoms. The Bertz CT molecular complexity index is 759. The van der Waals surface area contributed by atoms with Crippen LogP contribution in [-0.4, -0.2) is 48.1 Å². The summed E-state index contributed by atoms with van der Waals surface area (Å²) >= 11 is 1.76. The van der Waals surface area contributed by atoms with Crippen LogP contribution in [0.15, 0.2) is 54.7 Å². The fraction of sp³-hybridized carbons (Fsp3) is 0.300. The quantitative estimate of drug-likeness (QED) is 0.714. The summed E-state index contributed by atoms with van der Waals surface area (Å²) < 4.78 is 0. The third-order valence-electron chi connectivity index (χ3n) is 4.55. The Labute approximate surface area is 152 Å². The Morgan fingerprint density at radius 2 is 1.76 bits per heavy atom. The number of likely N-dealkylation sites (N-methyl/N-ethyl adjacent to an activating group) is 1. The van der Waals surface area contributed by atoms with E-state index in [1.54, 1.807) is 11.3 Å². The van der Waals surface area contributed by atoms with Gasteiger partial charge in [0.2, 0.25) is 0 Å². The van der Waals surface area contributed by atoms with Gasteiger partial charge in [-0.25, -0.2) is 4.98 Å². The van der Waals surface area contributed by atoms with Crippen molar-refractivity contribution in [3.63, 3.8) is 0 Å². The average Bonchev–Trinajstić information content (AvgIpc) is 3.00. The molecule has 3 heterocycles. The first-order valence-electron chi connectivity index (χ1n) is 8.72. The predicted molar refractivity (Wildman–Crippen MR) is 105 cm³/mol. The molecule has 1 fully saturated rings. The molecule has 25 heavy (non-hydrogen) atoms. The zero-order chi connectivity index (χ0) is 17.1. The van der Waals surface area contributed by atoms with Crippen LogP contribution in [0.5, 0.6) is 0 Å². The van der Waals surface area contributed by atoms with Gasteiger partial charge in [-0.05, 0) is 32.1 Å². The molecule has 3 aromatic rings. The summed E-state index contributed by atoms with van der Waals surface area (Å²) in [5.41, 5.74) is 3.19. The van der Waals surface area contributed by atoms with Gasteiger partial charge in [0.25, 0.3) is 0 Å². The van der Waals surface area contributed by atoms with Gasteiger partial charge in [0, 0.05) is 31.4 Å².